The Bertz CT molecular complexity index is 587. The molecule has 2 rings (SSSR count). The minimum absolute atomic E-state index is 0.143. The summed E-state index contributed by atoms with van der Waals surface area (Å²) in [7, 11) is 0. The highest BCUT2D eigenvalue weighted by atomic mass is 19.1. The number of rotatable bonds is 5. The molecule has 21 heavy (non-hydrogen) atoms. The molecule has 5 heteroatoms. The SMILES string of the molecule is CCCNC(c1cc(F)cc(F)c1)c1c(F)cccc1F. The lowest BCUT2D eigenvalue weighted by Gasteiger charge is -2.21. The van der Waals surface area contributed by atoms with E-state index in [2.05, 4.69) is 5.32 Å². The molecule has 0 fully saturated rings. The lowest BCUT2D eigenvalue weighted by Crippen LogP contribution is -2.25. The third-order valence-electron chi connectivity index (χ3n) is 3.11. The van der Waals surface area contributed by atoms with Gasteiger partial charge >= 0.3 is 0 Å². The number of hydrogen-bond acceptors (Lipinski definition) is 1. The number of hydrogen-bond donors (Lipinski definition) is 1. The molecule has 0 aliphatic rings. The zero-order valence-corrected chi connectivity index (χ0v) is 11.5. The molecule has 0 aliphatic carbocycles. The molecule has 0 saturated carbocycles. The summed E-state index contributed by atoms with van der Waals surface area (Å²) in [5.74, 6) is -3.09. The summed E-state index contributed by atoms with van der Waals surface area (Å²) in [6.45, 7) is 2.34. The summed E-state index contributed by atoms with van der Waals surface area (Å²) in [6, 6.07) is 5.40. The molecule has 0 bridgehead atoms. The van der Waals surface area contributed by atoms with Gasteiger partial charge in [-0.2, -0.15) is 0 Å². The van der Waals surface area contributed by atoms with Gasteiger partial charge in [-0.1, -0.05) is 13.0 Å². The first-order valence-corrected chi connectivity index (χ1v) is 6.66. The Balaban J connectivity index is 2.52. The van der Waals surface area contributed by atoms with Crippen molar-refractivity contribution >= 4 is 0 Å². The van der Waals surface area contributed by atoms with Crippen molar-refractivity contribution in [2.75, 3.05) is 6.54 Å². The minimum atomic E-state index is -0.948. The first-order valence-electron chi connectivity index (χ1n) is 6.66. The van der Waals surface area contributed by atoms with Crippen molar-refractivity contribution in [1.29, 1.82) is 0 Å². The summed E-state index contributed by atoms with van der Waals surface area (Å²) in [4.78, 5) is 0. The van der Waals surface area contributed by atoms with Crippen LogP contribution in [-0.4, -0.2) is 6.54 Å². The standard InChI is InChI=1S/C16H15F4N/c1-2-6-21-16(10-7-11(17)9-12(18)8-10)15-13(19)4-3-5-14(15)20/h3-5,7-9,16,21H,2,6H2,1H3. The highest BCUT2D eigenvalue weighted by Gasteiger charge is 2.22. The van der Waals surface area contributed by atoms with Gasteiger partial charge in [0.05, 0.1) is 6.04 Å². The fraction of sp³-hybridized carbons (Fsp3) is 0.250. The van der Waals surface area contributed by atoms with E-state index in [4.69, 9.17) is 0 Å². The Labute approximate surface area is 120 Å². The molecule has 0 spiro atoms. The fourth-order valence-corrected chi connectivity index (χ4v) is 2.20. The summed E-state index contributed by atoms with van der Waals surface area (Å²) >= 11 is 0. The average molecular weight is 297 g/mol. The molecule has 0 heterocycles. The molecule has 0 saturated heterocycles. The molecule has 1 nitrogen and oxygen atoms in total. The van der Waals surface area contributed by atoms with Crippen LogP contribution in [0.15, 0.2) is 36.4 Å². The molecule has 1 N–H and O–H groups in total. The lowest BCUT2D eigenvalue weighted by atomic mass is 9.97. The maximum atomic E-state index is 13.9. The van der Waals surface area contributed by atoms with Crippen molar-refractivity contribution in [2.24, 2.45) is 0 Å². The predicted octanol–water partition coefficient (Wildman–Crippen LogP) is 4.33. The van der Waals surface area contributed by atoms with Crippen LogP contribution in [0.1, 0.15) is 30.5 Å². The average Bonchev–Trinajstić information content (AvgIpc) is 2.41. The van der Waals surface area contributed by atoms with Crippen LogP contribution in [-0.2, 0) is 0 Å². The molecule has 0 amide bonds. The van der Waals surface area contributed by atoms with Gasteiger partial charge in [0.15, 0.2) is 0 Å². The molecule has 1 atom stereocenters. The maximum Gasteiger partial charge on any atom is 0.131 e. The second kappa shape index (κ2) is 6.72. The number of halogens is 4. The largest absolute Gasteiger partial charge is 0.306 e. The van der Waals surface area contributed by atoms with Crippen LogP contribution < -0.4 is 5.32 Å². The van der Waals surface area contributed by atoms with E-state index in [9.17, 15) is 17.6 Å². The second-order valence-electron chi connectivity index (χ2n) is 4.73. The third kappa shape index (κ3) is 3.61. The summed E-state index contributed by atoms with van der Waals surface area (Å²) in [5.41, 5.74) is -0.0964. The van der Waals surface area contributed by atoms with Gasteiger partial charge in [0.25, 0.3) is 0 Å². The van der Waals surface area contributed by atoms with Crippen LogP contribution in [0.2, 0.25) is 0 Å². The van der Waals surface area contributed by atoms with Gasteiger partial charge in [-0.05, 0) is 42.8 Å². The highest BCUT2D eigenvalue weighted by molar-refractivity contribution is 5.34. The molecule has 0 radical (unpaired) electrons. The van der Waals surface area contributed by atoms with Gasteiger partial charge in [0.1, 0.15) is 23.3 Å². The van der Waals surface area contributed by atoms with E-state index in [-0.39, 0.29) is 11.1 Å². The topological polar surface area (TPSA) is 12.0 Å². The van der Waals surface area contributed by atoms with E-state index in [0.29, 0.717) is 13.0 Å². The van der Waals surface area contributed by atoms with Gasteiger partial charge in [0, 0.05) is 11.6 Å². The lowest BCUT2D eigenvalue weighted by molar-refractivity contribution is 0.497. The van der Waals surface area contributed by atoms with E-state index in [1.54, 1.807) is 0 Å². The Hall–Kier alpha value is -1.88. The molecule has 0 aliphatic heterocycles. The number of nitrogens with one attached hydrogen (secondary N) is 1. The van der Waals surface area contributed by atoms with Crippen molar-refractivity contribution in [1.82, 2.24) is 5.32 Å². The van der Waals surface area contributed by atoms with E-state index in [1.165, 1.54) is 6.07 Å². The molecule has 112 valence electrons. The van der Waals surface area contributed by atoms with E-state index < -0.39 is 29.3 Å². The fourth-order valence-electron chi connectivity index (χ4n) is 2.20. The Morgan fingerprint density at radius 3 is 2.05 bits per heavy atom. The third-order valence-corrected chi connectivity index (χ3v) is 3.11. The van der Waals surface area contributed by atoms with Crippen molar-refractivity contribution in [3.8, 4) is 0 Å². The summed E-state index contributed by atoms with van der Waals surface area (Å²) in [6.07, 6.45) is 0.713. The first kappa shape index (κ1) is 15.5. The molecule has 1 unspecified atom stereocenters. The van der Waals surface area contributed by atoms with E-state index in [1.807, 2.05) is 6.92 Å². The predicted molar refractivity (Wildman–Crippen MR) is 72.9 cm³/mol. The second-order valence-corrected chi connectivity index (χ2v) is 4.73. The Kier molecular flexibility index (Phi) is 4.96. The molecular weight excluding hydrogens is 282 g/mol. The van der Waals surface area contributed by atoms with Crippen LogP contribution >= 0.6 is 0 Å². The van der Waals surface area contributed by atoms with Crippen molar-refractivity contribution in [3.05, 3.63) is 70.8 Å². The highest BCUT2D eigenvalue weighted by Crippen LogP contribution is 2.28. The number of benzene rings is 2. The van der Waals surface area contributed by atoms with E-state index >= 15 is 0 Å². The Morgan fingerprint density at radius 2 is 1.52 bits per heavy atom. The van der Waals surface area contributed by atoms with E-state index in [0.717, 1.165) is 30.3 Å². The molecule has 2 aromatic rings. The summed E-state index contributed by atoms with van der Waals surface area (Å²) in [5, 5.41) is 2.92. The normalized spacial score (nSPS) is 12.4. The van der Waals surface area contributed by atoms with Gasteiger partial charge < -0.3 is 5.32 Å². The van der Waals surface area contributed by atoms with Crippen molar-refractivity contribution < 1.29 is 17.6 Å². The Morgan fingerprint density at radius 1 is 0.952 bits per heavy atom. The van der Waals surface area contributed by atoms with Crippen molar-refractivity contribution in [3.63, 3.8) is 0 Å². The molecular formula is C16H15F4N. The molecule has 0 aromatic heterocycles. The maximum absolute atomic E-state index is 13.9. The van der Waals surface area contributed by atoms with Crippen molar-refractivity contribution in [2.45, 2.75) is 19.4 Å². The summed E-state index contributed by atoms with van der Waals surface area (Å²) < 4.78 is 54.6. The van der Waals surface area contributed by atoms with Crippen LogP contribution in [0.5, 0.6) is 0 Å². The zero-order chi connectivity index (χ0) is 15.4. The zero-order valence-electron chi connectivity index (χ0n) is 11.5. The van der Waals surface area contributed by atoms with Gasteiger partial charge in [-0.3, -0.25) is 0 Å². The van der Waals surface area contributed by atoms with Crippen LogP contribution in [0.25, 0.3) is 0 Å². The quantitative estimate of drug-likeness (QED) is 0.810. The monoisotopic (exact) mass is 297 g/mol. The minimum Gasteiger partial charge on any atom is -0.306 e. The first-order chi connectivity index (χ1) is 10.0. The van der Waals surface area contributed by atoms with Gasteiger partial charge in [-0.15, -0.1) is 0 Å². The molecule has 2 aromatic carbocycles. The van der Waals surface area contributed by atoms with Crippen LogP contribution in [0.4, 0.5) is 17.6 Å². The smallest absolute Gasteiger partial charge is 0.131 e. The van der Waals surface area contributed by atoms with Crippen LogP contribution in [0, 0.1) is 23.3 Å². The van der Waals surface area contributed by atoms with Crippen LogP contribution in [0.3, 0.4) is 0 Å². The van der Waals surface area contributed by atoms with Gasteiger partial charge in [0.2, 0.25) is 0 Å². The van der Waals surface area contributed by atoms with Gasteiger partial charge in [-0.25, -0.2) is 17.6 Å².